The molecule has 1 aliphatic rings. The first-order valence-corrected chi connectivity index (χ1v) is 9.74. The molecule has 23 heavy (non-hydrogen) atoms. The van der Waals surface area contributed by atoms with Gasteiger partial charge >= 0.3 is 0 Å². The van der Waals surface area contributed by atoms with Crippen molar-refractivity contribution in [2.24, 2.45) is 5.92 Å². The van der Waals surface area contributed by atoms with Gasteiger partial charge in [-0.1, -0.05) is 19.1 Å². The molecule has 0 N–H and O–H groups in total. The van der Waals surface area contributed by atoms with E-state index in [9.17, 15) is 8.42 Å². The molecular formula is C17H27NO4S. The highest BCUT2D eigenvalue weighted by Gasteiger charge is 2.34. The Morgan fingerprint density at radius 2 is 1.91 bits per heavy atom. The lowest BCUT2D eigenvalue weighted by Crippen LogP contribution is -2.47. The van der Waals surface area contributed by atoms with Crippen LogP contribution in [-0.2, 0) is 21.2 Å². The van der Waals surface area contributed by atoms with Crippen molar-refractivity contribution >= 4 is 10.0 Å². The van der Waals surface area contributed by atoms with Crippen LogP contribution in [0, 0.1) is 5.92 Å². The molecular weight excluding hydrogens is 314 g/mol. The summed E-state index contributed by atoms with van der Waals surface area (Å²) in [7, 11) is 0.213. The summed E-state index contributed by atoms with van der Waals surface area (Å²) < 4.78 is 37.1. The minimum Gasteiger partial charge on any atom is -0.497 e. The lowest BCUT2D eigenvalue weighted by Gasteiger charge is -2.37. The van der Waals surface area contributed by atoms with Gasteiger partial charge in [-0.2, -0.15) is 0 Å². The van der Waals surface area contributed by atoms with Crippen molar-refractivity contribution in [2.45, 2.75) is 32.3 Å². The summed E-state index contributed by atoms with van der Waals surface area (Å²) in [6, 6.07) is 7.94. The maximum absolute atomic E-state index is 12.3. The Hall–Kier alpha value is -1.11. The van der Waals surface area contributed by atoms with Gasteiger partial charge in [-0.15, -0.1) is 0 Å². The summed E-state index contributed by atoms with van der Waals surface area (Å²) in [5, 5.41) is 0. The van der Waals surface area contributed by atoms with Crippen molar-refractivity contribution in [1.29, 1.82) is 0 Å². The number of ether oxygens (including phenoxy) is 2. The molecule has 2 atom stereocenters. The maximum atomic E-state index is 12.3. The third kappa shape index (κ3) is 4.68. The molecule has 0 radical (unpaired) electrons. The molecule has 130 valence electrons. The number of nitrogens with zero attached hydrogens (tertiary/aromatic N) is 1. The Labute approximate surface area is 139 Å². The van der Waals surface area contributed by atoms with Gasteiger partial charge in [0.25, 0.3) is 0 Å². The fourth-order valence-corrected chi connectivity index (χ4v) is 4.76. The van der Waals surface area contributed by atoms with Gasteiger partial charge in [0.15, 0.2) is 0 Å². The molecule has 1 aliphatic heterocycles. The van der Waals surface area contributed by atoms with Gasteiger partial charge in [-0.05, 0) is 37.0 Å². The average molecular weight is 341 g/mol. The van der Waals surface area contributed by atoms with Gasteiger partial charge in [0.2, 0.25) is 10.0 Å². The summed E-state index contributed by atoms with van der Waals surface area (Å²) in [4.78, 5) is 0. The fourth-order valence-electron chi connectivity index (χ4n) is 3.19. The fraction of sp³-hybridized carbons (Fsp3) is 0.647. The summed E-state index contributed by atoms with van der Waals surface area (Å²) in [5.74, 6) is 1.22. The van der Waals surface area contributed by atoms with Gasteiger partial charge in [0.05, 0.1) is 19.0 Å². The molecule has 0 bridgehead atoms. The largest absolute Gasteiger partial charge is 0.497 e. The van der Waals surface area contributed by atoms with Gasteiger partial charge in [0.1, 0.15) is 5.75 Å². The Morgan fingerprint density at radius 1 is 1.22 bits per heavy atom. The van der Waals surface area contributed by atoms with E-state index in [0.717, 1.165) is 18.6 Å². The molecule has 1 aromatic carbocycles. The highest BCUT2D eigenvalue weighted by atomic mass is 32.2. The average Bonchev–Trinajstić information content (AvgIpc) is 2.55. The van der Waals surface area contributed by atoms with E-state index in [1.54, 1.807) is 18.5 Å². The van der Waals surface area contributed by atoms with E-state index < -0.39 is 10.0 Å². The van der Waals surface area contributed by atoms with E-state index in [-0.39, 0.29) is 17.8 Å². The highest BCUT2D eigenvalue weighted by Crippen LogP contribution is 2.26. The van der Waals surface area contributed by atoms with Crippen LogP contribution in [0.25, 0.3) is 0 Å². The third-order valence-electron chi connectivity index (χ3n) is 4.44. The van der Waals surface area contributed by atoms with Crippen molar-refractivity contribution < 1.29 is 17.9 Å². The Balaban J connectivity index is 2.09. The molecule has 0 amide bonds. The van der Waals surface area contributed by atoms with E-state index in [1.807, 2.05) is 31.2 Å². The van der Waals surface area contributed by atoms with Gasteiger partial charge in [-0.25, -0.2) is 12.7 Å². The molecule has 1 saturated heterocycles. The van der Waals surface area contributed by atoms with Crippen LogP contribution in [0.3, 0.4) is 0 Å². The number of benzene rings is 1. The van der Waals surface area contributed by atoms with Crippen molar-refractivity contribution in [2.75, 3.05) is 33.1 Å². The van der Waals surface area contributed by atoms with Crippen LogP contribution in [0.5, 0.6) is 5.75 Å². The van der Waals surface area contributed by atoms with Crippen LogP contribution in [0.4, 0.5) is 0 Å². The molecule has 2 rings (SSSR count). The molecule has 0 unspecified atom stereocenters. The molecule has 1 heterocycles. The van der Waals surface area contributed by atoms with Crippen molar-refractivity contribution in [3.8, 4) is 5.75 Å². The molecule has 5 nitrogen and oxygen atoms in total. The number of methoxy groups -OCH3 is 2. The Morgan fingerprint density at radius 3 is 2.48 bits per heavy atom. The summed E-state index contributed by atoms with van der Waals surface area (Å²) >= 11 is 0. The van der Waals surface area contributed by atoms with Crippen LogP contribution >= 0.6 is 0 Å². The minimum atomic E-state index is -3.14. The molecule has 0 aliphatic carbocycles. The van der Waals surface area contributed by atoms with Crippen LogP contribution < -0.4 is 4.74 Å². The zero-order chi connectivity index (χ0) is 16.9. The molecule has 0 aromatic heterocycles. The third-order valence-corrected chi connectivity index (χ3v) is 6.48. The predicted molar refractivity (Wildman–Crippen MR) is 91.3 cm³/mol. The number of rotatable bonds is 7. The summed E-state index contributed by atoms with van der Waals surface area (Å²) in [5.41, 5.74) is 1.17. The first kappa shape index (κ1) is 18.2. The molecule has 0 spiro atoms. The second kappa shape index (κ2) is 8.13. The van der Waals surface area contributed by atoms with Gasteiger partial charge < -0.3 is 9.47 Å². The standard InChI is InChI=1S/C17H27NO4S/c1-4-11-23(19,20)18-10-9-17(22-3)15(13-18)12-14-5-7-16(21-2)8-6-14/h5-8,15,17H,4,9-13H2,1-3H3/t15-,17+/m1/s1. The highest BCUT2D eigenvalue weighted by molar-refractivity contribution is 7.89. The van der Waals surface area contributed by atoms with E-state index in [4.69, 9.17) is 9.47 Å². The SMILES string of the molecule is CCCS(=O)(=O)N1CC[C@H](OC)[C@H](Cc2ccc(OC)cc2)C1. The second-order valence-electron chi connectivity index (χ2n) is 6.05. The van der Waals surface area contributed by atoms with Crippen molar-refractivity contribution in [3.05, 3.63) is 29.8 Å². The molecule has 0 saturated carbocycles. The minimum absolute atomic E-state index is 0.102. The predicted octanol–water partition coefficient (Wildman–Crippen LogP) is 2.31. The molecule has 1 aromatic rings. The summed E-state index contributed by atoms with van der Waals surface area (Å²) in [6.07, 6.45) is 2.31. The first-order valence-electron chi connectivity index (χ1n) is 8.13. The van der Waals surface area contributed by atoms with Gasteiger partial charge in [-0.3, -0.25) is 0 Å². The van der Waals surface area contributed by atoms with Crippen molar-refractivity contribution in [3.63, 3.8) is 0 Å². The number of sulfonamides is 1. The molecule has 1 fully saturated rings. The number of piperidine rings is 1. The maximum Gasteiger partial charge on any atom is 0.214 e. The lowest BCUT2D eigenvalue weighted by atomic mass is 9.89. The van der Waals surface area contributed by atoms with E-state index in [2.05, 4.69) is 0 Å². The van der Waals surface area contributed by atoms with E-state index in [0.29, 0.717) is 19.5 Å². The van der Waals surface area contributed by atoms with Crippen LogP contribution in [0.2, 0.25) is 0 Å². The van der Waals surface area contributed by atoms with Gasteiger partial charge in [0, 0.05) is 26.1 Å². The smallest absolute Gasteiger partial charge is 0.214 e. The zero-order valence-electron chi connectivity index (χ0n) is 14.2. The van der Waals surface area contributed by atoms with Crippen LogP contribution in [0.15, 0.2) is 24.3 Å². The number of hydrogen-bond donors (Lipinski definition) is 0. The van der Waals surface area contributed by atoms with Crippen LogP contribution in [-0.4, -0.2) is 51.9 Å². The second-order valence-corrected chi connectivity index (χ2v) is 8.14. The monoisotopic (exact) mass is 341 g/mol. The van der Waals surface area contributed by atoms with Crippen molar-refractivity contribution in [1.82, 2.24) is 4.31 Å². The molecule has 6 heteroatoms. The normalized spacial score (nSPS) is 22.9. The Bertz CT molecular complexity index is 585. The zero-order valence-corrected chi connectivity index (χ0v) is 15.0. The topological polar surface area (TPSA) is 55.8 Å². The lowest BCUT2D eigenvalue weighted by molar-refractivity contribution is 0.0131. The quantitative estimate of drug-likeness (QED) is 0.764. The number of hydrogen-bond acceptors (Lipinski definition) is 4. The Kier molecular flexibility index (Phi) is 6.44. The van der Waals surface area contributed by atoms with E-state index in [1.165, 1.54) is 5.56 Å². The summed E-state index contributed by atoms with van der Waals surface area (Å²) in [6.45, 7) is 2.99. The van der Waals surface area contributed by atoms with Crippen LogP contribution in [0.1, 0.15) is 25.3 Å². The first-order chi connectivity index (χ1) is 11.0. The van der Waals surface area contributed by atoms with E-state index >= 15 is 0 Å².